The Morgan fingerprint density at radius 1 is 1.26 bits per heavy atom. The summed E-state index contributed by atoms with van der Waals surface area (Å²) in [5.41, 5.74) is 0.761. The highest BCUT2D eigenvalue weighted by Crippen LogP contribution is 2.26. The molecule has 2 saturated heterocycles. The van der Waals surface area contributed by atoms with Crippen molar-refractivity contribution in [2.45, 2.75) is 18.9 Å². The number of sulfone groups is 1. The number of hydrogen-bond acceptors (Lipinski definition) is 4. The van der Waals surface area contributed by atoms with Crippen LogP contribution in [0, 0.1) is 5.92 Å². The molecule has 1 aromatic carbocycles. The van der Waals surface area contributed by atoms with Gasteiger partial charge in [-0.2, -0.15) is 0 Å². The normalized spacial score (nSPS) is 26.5. The molecule has 8 heteroatoms. The Bertz CT molecular complexity index is 732. The van der Waals surface area contributed by atoms with Crippen molar-refractivity contribution < 1.29 is 18.0 Å². The molecule has 2 heterocycles. The lowest BCUT2D eigenvalue weighted by molar-refractivity contribution is -0.126. The number of benzene rings is 1. The molecule has 6 nitrogen and oxygen atoms in total. The van der Waals surface area contributed by atoms with Gasteiger partial charge in [0, 0.05) is 29.2 Å². The van der Waals surface area contributed by atoms with Gasteiger partial charge in [-0.25, -0.2) is 8.42 Å². The summed E-state index contributed by atoms with van der Waals surface area (Å²) in [4.78, 5) is 26.0. The Hall–Kier alpha value is -1.41. The number of nitrogens with one attached hydrogen (secondary N) is 1. The molecule has 1 N–H and O–H groups in total. The first kappa shape index (κ1) is 16.4. The number of nitrogens with zero attached hydrogens (tertiary/aromatic N) is 1. The second-order valence-electron chi connectivity index (χ2n) is 5.99. The minimum atomic E-state index is -3.03. The number of hydrogen-bond donors (Lipinski definition) is 1. The van der Waals surface area contributed by atoms with Crippen molar-refractivity contribution in [2.75, 3.05) is 23.0 Å². The lowest BCUT2D eigenvalue weighted by Crippen LogP contribution is -2.40. The van der Waals surface area contributed by atoms with Crippen molar-refractivity contribution in [1.29, 1.82) is 0 Å². The smallest absolute Gasteiger partial charge is 0.227 e. The molecule has 23 heavy (non-hydrogen) atoms. The van der Waals surface area contributed by atoms with Crippen LogP contribution in [-0.2, 0) is 19.4 Å². The first-order chi connectivity index (χ1) is 10.8. The second kappa shape index (κ2) is 6.24. The molecule has 0 aromatic heterocycles. The van der Waals surface area contributed by atoms with E-state index < -0.39 is 15.8 Å². The molecule has 0 spiro atoms. The van der Waals surface area contributed by atoms with Crippen LogP contribution in [0.3, 0.4) is 0 Å². The van der Waals surface area contributed by atoms with Crippen LogP contribution in [-0.4, -0.2) is 44.3 Å². The summed E-state index contributed by atoms with van der Waals surface area (Å²) < 4.78 is 23.8. The summed E-state index contributed by atoms with van der Waals surface area (Å²) in [7, 11) is -3.03. The molecular formula is C15H17BrN2O4S. The molecule has 124 valence electrons. The zero-order chi connectivity index (χ0) is 16.6. The van der Waals surface area contributed by atoms with E-state index in [9.17, 15) is 18.0 Å². The Morgan fingerprint density at radius 3 is 2.57 bits per heavy atom. The number of rotatable bonds is 3. The van der Waals surface area contributed by atoms with E-state index in [1.54, 1.807) is 4.90 Å². The molecule has 3 rings (SSSR count). The van der Waals surface area contributed by atoms with Crippen molar-refractivity contribution in [1.82, 2.24) is 5.32 Å². The van der Waals surface area contributed by atoms with Crippen LogP contribution in [0.4, 0.5) is 5.69 Å². The highest BCUT2D eigenvalue weighted by atomic mass is 79.9. The number of amides is 2. The molecule has 0 bridgehead atoms. The number of carbonyl (C=O) groups excluding carboxylic acids is 2. The number of anilines is 1. The Kier molecular flexibility index (Phi) is 4.46. The quantitative estimate of drug-likeness (QED) is 0.823. The zero-order valence-electron chi connectivity index (χ0n) is 12.4. The van der Waals surface area contributed by atoms with E-state index in [2.05, 4.69) is 21.2 Å². The molecule has 2 aliphatic heterocycles. The van der Waals surface area contributed by atoms with Crippen molar-refractivity contribution >= 4 is 43.3 Å². The lowest BCUT2D eigenvalue weighted by Gasteiger charge is -2.18. The molecule has 1 aromatic rings. The van der Waals surface area contributed by atoms with Gasteiger partial charge in [-0.1, -0.05) is 15.9 Å². The average molecular weight is 401 g/mol. The first-order valence-electron chi connectivity index (χ1n) is 7.41. The van der Waals surface area contributed by atoms with Crippen LogP contribution in [0.5, 0.6) is 0 Å². The summed E-state index contributed by atoms with van der Waals surface area (Å²) >= 11 is 3.35. The van der Waals surface area contributed by atoms with Gasteiger partial charge >= 0.3 is 0 Å². The van der Waals surface area contributed by atoms with E-state index >= 15 is 0 Å². The average Bonchev–Trinajstić information content (AvgIpc) is 3.03. The van der Waals surface area contributed by atoms with Gasteiger partial charge in [0.15, 0.2) is 9.84 Å². The Balaban J connectivity index is 1.63. The van der Waals surface area contributed by atoms with Crippen molar-refractivity contribution in [3.05, 3.63) is 28.7 Å². The maximum atomic E-state index is 12.3. The zero-order valence-corrected chi connectivity index (χ0v) is 14.8. The van der Waals surface area contributed by atoms with E-state index in [4.69, 9.17) is 0 Å². The van der Waals surface area contributed by atoms with Gasteiger partial charge in [0.05, 0.1) is 17.4 Å². The maximum absolute atomic E-state index is 12.3. The van der Waals surface area contributed by atoms with Crippen molar-refractivity contribution in [3.8, 4) is 0 Å². The van der Waals surface area contributed by atoms with Gasteiger partial charge in [0.1, 0.15) is 0 Å². The third kappa shape index (κ3) is 3.74. The van der Waals surface area contributed by atoms with E-state index in [0.717, 1.165) is 10.2 Å². The molecule has 2 amide bonds. The third-order valence-electron chi connectivity index (χ3n) is 4.21. The minimum Gasteiger partial charge on any atom is -0.352 e. The van der Waals surface area contributed by atoms with Gasteiger partial charge in [-0.05, 0) is 30.7 Å². The largest absolute Gasteiger partial charge is 0.352 e. The van der Waals surface area contributed by atoms with Crippen molar-refractivity contribution in [3.63, 3.8) is 0 Å². The van der Waals surface area contributed by atoms with Gasteiger partial charge in [0.2, 0.25) is 11.8 Å². The highest BCUT2D eigenvalue weighted by Gasteiger charge is 2.37. The fourth-order valence-corrected chi connectivity index (χ4v) is 4.92. The third-order valence-corrected chi connectivity index (χ3v) is 6.51. The van der Waals surface area contributed by atoms with Crippen LogP contribution < -0.4 is 10.2 Å². The van der Waals surface area contributed by atoms with Crippen LogP contribution in [0.2, 0.25) is 0 Å². The lowest BCUT2D eigenvalue weighted by atomic mass is 10.1. The maximum Gasteiger partial charge on any atom is 0.227 e. The van der Waals surface area contributed by atoms with E-state index in [1.807, 2.05) is 24.3 Å². The van der Waals surface area contributed by atoms with Gasteiger partial charge in [-0.3, -0.25) is 9.59 Å². The SMILES string of the molecule is O=C(N[C@@H]1CCS(=O)(=O)C1)[C@H]1CC(=O)N(c2ccc(Br)cc2)C1. The second-order valence-corrected chi connectivity index (χ2v) is 9.13. The summed E-state index contributed by atoms with van der Waals surface area (Å²) in [6, 6.07) is 7.01. The molecule has 0 aliphatic carbocycles. The number of carbonyl (C=O) groups is 2. The summed E-state index contributed by atoms with van der Waals surface area (Å²) in [6.07, 6.45) is 0.604. The summed E-state index contributed by atoms with van der Waals surface area (Å²) in [6.45, 7) is 0.325. The predicted octanol–water partition coefficient (Wildman–Crippen LogP) is 1.11. The molecule has 2 aliphatic rings. The monoisotopic (exact) mass is 400 g/mol. The van der Waals surface area contributed by atoms with E-state index in [-0.39, 0.29) is 35.8 Å². The van der Waals surface area contributed by atoms with Gasteiger partial charge in [-0.15, -0.1) is 0 Å². The highest BCUT2D eigenvalue weighted by molar-refractivity contribution is 9.10. The Labute approximate surface area is 143 Å². The van der Waals surface area contributed by atoms with E-state index in [1.165, 1.54) is 0 Å². The number of halogens is 1. The molecular weight excluding hydrogens is 384 g/mol. The minimum absolute atomic E-state index is 0.00413. The van der Waals surface area contributed by atoms with Gasteiger partial charge < -0.3 is 10.2 Å². The Morgan fingerprint density at radius 2 is 1.96 bits per heavy atom. The van der Waals surface area contributed by atoms with Crippen LogP contribution in [0.15, 0.2) is 28.7 Å². The van der Waals surface area contributed by atoms with E-state index in [0.29, 0.717) is 13.0 Å². The molecule has 0 saturated carbocycles. The molecule has 0 radical (unpaired) electrons. The van der Waals surface area contributed by atoms with Crippen LogP contribution >= 0.6 is 15.9 Å². The molecule has 0 unspecified atom stereocenters. The van der Waals surface area contributed by atoms with Gasteiger partial charge in [0.25, 0.3) is 0 Å². The molecule has 2 atom stereocenters. The topological polar surface area (TPSA) is 83.5 Å². The first-order valence-corrected chi connectivity index (χ1v) is 10.0. The summed E-state index contributed by atoms with van der Waals surface area (Å²) in [5.74, 6) is -0.649. The van der Waals surface area contributed by atoms with Crippen LogP contribution in [0.25, 0.3) is 0 Å². The predicted molar refractivity (Wildman–Crippen MR) is 89.8 cm³/mol. The van der Waals surface area contributed by atoms with Crippen LogP contribution in [0.1, 0.15) is 12.8 Å². The fourth-order valence-electron chi connectivity index (χ4n) is 2.98. The molecule has 2 fully saturated rings. The standard InChI is InChI=1S/C15H17BrN2O4S/c16-11-1-3-13(4-2-11)18-8-10(7-14(18)19)15(20)17-12-5-6-23(21,22)9-12/h1-4,10,12H,5-9H2,(H,17,20)/t10-,12+/m0/s1. The summed E-state index contributed by atoms with van der Waals surface area (Å²) in [5, 5.41) is 2.77. The fraction of sp³-hybridized carbons (Fsp3) is 0.467. The van der Waals surface area contributed by atoms with Crippen molar-refractivity contribution in [2.24, 2.45) is 5.92 Å².